The Kier molecular flexibility index (Phi) is 5.04. The second-order valence-corrected chi connectivity index (χ2v) is 6.41. The topological polar surface area (TPSA) is 21.1 Å². The van der Waals surface area contributed by atoms with Gasteiger partial charge in [-0.25, -0.2) is 4.98 Å². The standard InChI is InChI=1S/C16H21Cl2N3/c17-8-7-15-19-16-13(18)5-3-6-14(16)21(15)12-4-11-20-9-1-2-10-20/h3,5-6H,1-2,4,7-12H2. The van der Waals surface area contributed by atoms with Crippen LogP contribution in [0.4, 0.5) is 0 Å². The highest BCUT2D eigenvalue weighted by Crippen LogP contribution is 2.24. The molecule has 2 heterocycles. The fourth-order valence-electron chi connectivity index (χ4n) is 3.14. The van der Waals surface area contributed by atoms with Crippen LogP contribution in [0.5, 0.6) is 0 Å². The smallest absolute Gasteiger partial charge is 0.111 e. The number of hydrogen-bond acceptors (Lipinski definition) is 2. The molecule has 0 atom stereocenters. The molecule has 1 aliphatic rings. The van der Waals surface area contributed by atoms with E-state index < -0.39 is 0 Å². The Morgan fingerprint density at radius 3 is 2.71 bits per heavy atom. The summed E-state index contributed by atoms with van der Waals surface area (Å²) < 4.78 is 2.29. The van der Waals surface area contributed by atoms with E-state index in [4.69, 9.17) is 23.2 Å². The van der Waals surface area contributed by atoms with Gasteiger partial charge in [0.05, 0.1) is 10.5 Å². The maximum absolute atomic E-state index is 6.26. The van der Waals surface area contributed by atoms with Gasteiger partial charge in [-0.1, -0.05) is 17.7 Å². The molecule has 1 saturated heterocycles. The van der Waals surface area contributed by atoms with Crippen molar-refractivity contribution in [3.8, 4) is 0 Å². The van der Waals surface area contributed by atoms with Gasteiger partial charge in [-0.15, -0.1) is 11.6 Å². The molecule has 0 radical (unpaired) electrons. The molecule has 0 aliphatic carbocycles. The Labute approximate surface area is 135 Å². The number of nitrogens with zero attached hydrogens (tertiary/aromatic N) is 3. The molecule has 114 valence electrons. The van der Waals surface area contributed by atoms with Gasteiger partial charge < -0.3 is 9.47 Å². The largest absolute Gasteiger partial charge is 0.328 e. The average Bonchev–Trinajstić information content (AvgIpc) is 3.09. The molecule has 5 heteroatoms. The highest BCUT2D eigenvalue weighted by Gasteiger charge is 2.14. The number of rotatable bonds is 6. The van der Waals surface area contributed by atoms with Gasteiger partial charge in [0.25, 0.3) is 0 Å². The third-order valence-electron chi connectivity index (χ3n) is 4.18. The van der Waals surface area contributed by atoms with E-state index >= 15 is 0 Å². The van der Waals surface area contributed by atoms with Crippen molar-refractivity contribution in [3.05, 3.63) is 29.0 Å². The molecular formula is C16H21Cl2N3. The third-order valence-corrected chi connectivity index (χ3v) is 4.68. The number of fused-ring (bicyclic) bond motifs is 1. The lowest BCUT2D eigenvalue weighted by Gasteiger charge is -2.15. The molecule has 3 rings (SSSR count). The molecule has 0 N–H and O–H groups in total. The van der Waals surface area contributed by atoms with E-state index in [1.165, 1.54) is 32.5 Å². The number of benzene rings is 1. The first-order valence-electron chi connectivity index (χ1n) is 7.71. The van der Waals surface area contributed by atoms with Crippen molar-refractivity contribution in [2.45, 2.75) is 32.2 Å². The highest BCUT2D eigenvalue weighted by atomic mass is 35.5. The molecule has 0 amide bonds. The van der Waals surface area contributed by atoms with Gasteiger partial charge in [0.1, 0.15) is 11.3 Å². The van der Waals surface area contributed by atoms with Crippen LogP contribution in [0.2, 0.25) is 5.02 Å². The van der Waals surface area contributed by atoms with Crippen LogP contribution in [0, 0.1) is 0 Å². The Morgan fingerprint density at radius 2 is 1.95 bits per heavy atom. The Morgan fingerprint density at radius 1 is 1.14 bits per heavy atom. The zero-order chi connectivity index (χ0) is 14.7. The average molecular weight is 326 g/mol. The zero-order valence-electron chi connectivity index (χ0n) is 12.2. The molecule has 1 aromatic heterocycles. The van der Waals surface area contributed by atoms with Gasteiger partial charge in [0.2, 0.25) is 0 Å². The maximum Gasteiger partial charge on any atom is 0.111 e. The summed E-state index contributed by atoms with van der Waals surface area (Å²) in [5, 5.41) is 0.724. The van der Waals surface area contributed by atoms with E-state index in [9.17, 15) is 0 Å². The van der Waals surface area contributed by atoms with Crippen molar-refractivity contribution >= 4 is 34.2 Å². The quantitative estimate of drug-likeness (QED) is 0.749. The van der Waals surface area contributed by atoms with Crippen LogP contribution in [0.15, 0.2) is 18.2 Å². The molecule has 21 heavy (non-hydrogen) atoms. The maximum atomic E-state index is 6.26. The summed E-state index contributed by atoms with van der Waals surface area (Å²) >= 11 is 12.2. The summed E-state index contributed by atoms with van der Waals surface area (Å²) in [6.07, 6.45) is 4.63. The fraction of sp³-hybridized carbons (Fsp3) is 0.562. The highest BCUT2D eigenvalue weighted by molar-refractivity contribution is 6.34. The van der Waals surface area contributed by atoms with Crippen LogP contribution in [0.1, 0.15) is 25.1 Å². The SMILES string of the molecule is ClCCc1nc2c(Cl)cccc2n1CCCN1CCCC1. The van der Waals surface area contributed by atoms with Crippen molar-refractivity contribution in [1.82, 2.24) is 14.5 Å². The lowest BCUT2D eigenvalue weighted by Crippen LogP contribution is -2.21. The molecule has 0 bridgehead atoms. The van der Waals surface area contributed by atoms with Crippen LogP contribution in [-0.2, 0) is 13.0 Å². The Balaban J connectivity index is 1.78. The molecule has 0 unspecified atom stereocenters. The van der Waals surface area contributed by atoms with Gasteiger partial charge in [-0.05, 0) is 51.0 Å². The van der Waals surface area contributed by atoms with Crippen molar-refractivity contribution in [2.75, 3.05) is 25.5 Å². The number of para-hydroxylation sites is 1. The summed E-state index contributed by atoms with van der Waals surface area (Å²) in [6, 6.07) is 5.99. The molecule has 1 fully saturated rings. The van der Waals surface area contributed by atoms with Gasteiger partial charge >= 0.3 is 0 Å². The first-order valence-corrected chi connectivity index (χ1v) is 8.63. The second-order valence-electron chi connectivity index (χ2n) is 5.63. The van der Waals surface area contributed by atoms with Crippen LogP contribution in [0.3, 0.4) is 0 Å². The summed E-state index contributed by atoms with van der Waals surface area (Å²) in [5.74, 6) is 1.64. The second kappa shape index (κ2) is 6.99. The van der Waals surface area contributed by atoms with Crippen LogP contribution in [-0.4, -0.2) is 40.0 Å². The van der Waals surface area contributed by atoms with E-state index in [-0.39, 0.29) is 0 Å². The number of halogens is 2. The normalized spacial score (nSPS) is 16.1. The van der Waals surface area contributed by atoms with Crippen LogP contribution >= 0.6 is 23.2 Å². The Bertz CT molecular complexity index is 603. The van der Waals surface area contributed by atoms with E-state index in [0.717, 1.165) is 41.3 Å². The van der Waals surface area contributed by atoms with Gasteiger partial charge in [0, 0.05) is 18.8 Å². The van der Waals surface area contributed by atoms with Gasteiger partial charge in [-0.2, -0.15) is 0 Å². The molecule has 2 aromatic rings. The molecule has 1 aliphatic heterocycles. The molecular weight excluding hydrogens is 305 g/mol. The number of imidazole rings is 1. The van der Waals surface area contributed by atoms with Crippen LogP contribution in [0.25, 0.3) is 11.0 Å². The van der Waals surface area contributed by atoms with E-state index in [1.54, 1.807) is 0 Å². The summed E-state index contributed by atoms with van der Waals surface area (Å²) in [4.78, 5) is 7.23. The molecule has 1 aromatic carbocycles. The van der Waals surface area contributed by atoms with E-state index in [2.05, 4.69) is 20.5 Å². The van der Waals surface area contributed by atoms with Crippen molar-refractivity contribution < 1.29 is 0 Å². The number of hydrogen-bond donors (Lipinski definition) is 0. The lowest BCUT2D eigenvalue weighted by molar-refractivity contribution is 0.325. The van der Waals surface area contributed by atoms with E-state index in [0.29, 0.717) is 5.88 Å². The predicted molar refractivity (Wildman–Crippen MR) is 89.5 cm³/mol. The minimum Gasteiger partial charge on any atom is -0.328 e. The van der Waals surface area contributed by atoms with Gasteiger partial charge in [-0.3, -0.25) is 0 Å². The first kappa shape index (κ1) is 15.1. The third kappa shape index (κ3) is 3.36. The first-order chi connectivity index (χ1) is 10.3. The van der Waals surface area contributed by atoms with Crippen LogP contribution < -0.4 is 0 Å². The Hall–Kier alpha value is -0.770. The van der Waals surface area contributed by atoms with Crippen molar-refractivity contribution in [3.63, 3.8) is 0 Å². The molecule has 0 spiro atoms. The predicted octanol–water partition coefficient (Wildman–Crippen LogP) is 3.96. The number of aryl methyl sites for hydroxylation is 2. The molecule has 0 saturated carbocycles. The lowest BCUT2D eigenvalue weighted by atomic mass is 10.3. The minimum absolute atomic E-state index is 0.590. The zero-order valence-corrected chi connectivity index (χ0v) is 13.7. The number of aromatic nitrogens is 2. The van der Waals surface area contributed by atoms with Crippen molar-refractivity contribution in [2.24, 2.45) is 0 Å². The fourth-order valence-corrected chi connectivity index (χ4v) is 3.53. The monoisotopic (exact) mass is 325 g/mol. The number of alkyl halides is 1. The van der Waals surface area contributed by atoms with Crippen molar-refractivity contribution in [1.29, 1.82) is 0 Å². The summed E-state index contributed by atoms with van der Waals surface area (Å²) in [5.41, 5.74) is 2.03. The van der Waals surface area contributed by atoms with Gasteiger partial charge in [0.15, 0.2) is 0 Å². The molecule has 3 nitrogen and oxygen atoms in total. The number of likely N-dealkylation sites (tertiary alicyclic amines) is 1. The van der Waals surface area contributed by atoms with E-state index in [1.807, 2.05) is 12.1 Å². The summed E-state index contributed by atoms with van der Waals surface area (Å²) in [7, 11) is 0. The minimum atomic E-state index is 0.590. The summed E-state index contributed by atoms with van der Waals surface area (Å²) in [6.45, 7) is 4.66.